The van der Waals surface area contributed by atoms with Gasteiger partial charge in [0, 0.05) is 0 Å². The van der Waals surface area contributed by atoms with Crippen molar-refractivity contribution in [2.45, 2.75) is 56.5 Å². The Kier molecular flexibility index (Phi) is 6.42. The van der Waals surface area contributed by atoms with E-state index in [1.807, 2.05) is 6.92 Å². The summed E-state index contributed by atoms with van der Waals surface area (Å²) in [5, 5.41) is 0. The lowest BCUT2D eigenvalue weighted by molar-refractivity contribution is -0.149. The van der Waals surface area contributed by atoms with Crippen LogP contribution in [0.25, 0.3) is 0 Å². The number of carbonyl (C=O) groups excluding carboxylic acids is 1. The molecule has 1 saturated heterocycles. The second-order valence-electron chi connectivity index (χ2n) is 6.67. The molecule has 5 nitrogen and oxygen atoms in total. The van der Waals surface area contributed by atoms with Gasteiger partial charge in [0.1, 0.15) is 6.04 Å². The van der Waals surface area contributed by atoms with Crippen LogP contribution in [0.5, 0.6) is 0 Å². The number of hydrogen-bond acceptors (Lipinski definition) is 4. The fourth-order valence-electron chi connectivity index (χ4n) is 3.08. The normalized spacial score (nSPS) is 20.3. The number of sulfonamides is 1. The lowest BCUT2D eigenvalue weighted by Gasteiger charge is -2.46. The van der Waals surface area contributed by atoms with Crippen LogP contribution in [0.4, 0.5) is 0 Å². The third-order valence-corrected chi connectivity index (χ3v) is 6.75. The molecule has 0 saturated carbocycles. The van der Waals surface area contributed by atoms with Gasteiger partial charge >= 0.3 is 5.97 Å². The summed E-state index contributed by atoms with van der Waals surface area (Å²) in [6.07, 6.45) is 3.12. The number of rotatable bonds is 8. The largest absolute Gasteiger partial charge is 0.468 e. The quantitative estimate of drug-likeness (QED) is 0.513. The van der Waals surface area contributed by atoms with Crippen LogP contribution in [0.15, 0.2) is 53.5 Å². The van der Waals surface area contributed by atoms with Crippen molar-refractivity contribution in [2.24, 2.45) is 0 Å². The maximum Gasteiger partial charge on any atom is 0.324 e. The molecule has 1 aromatic carbocycles. The first kappa shape index (κ1) is 20.4. The molecule has 0 spiro atoms. The Morgan fingerprint density at radius 3 is 2.38 bits per heavy atom. The van der Waals surface area contributed by atoms with Crippen LogP contribution in [0.3, 0.4) is 0 Å². The van der Waals surface area contributed by atoms with E-state index in [-0.39, 0.29) is 4.90 Å². The van der Waals surface area contributed by atoms with Crippen molar-refractivity contribution in [3.8, 4) is 0 Å². The van der Waals surface area contributed by atoms with Gasteiger partial charge in [0.2, 0.25) is 10.0 Å². The van der Waals surface area contributed by atoms with E-state index in [0.29, 0.717) is 12.0 Å². The van der Waals surface area contributed by atoms with Gasteiger partial charge in [-0.1, -0.05) is 49.8 Å². The Hall–Kier alpha value is -1.92. The van der Waals surface area contributed by atoms with Gasteiger partial charge in [-0.25, -0.2) is 8.42 Å². The second kappa shape index (κ2) is 8.18. The second-order valence-corrected chi connectivity index (χ2v) is 8.51. The third-order valence-electron chi connectivity index (χ3n) is 4.82. The standard InChI is InChI=1S/C20H27NO4S/c1-6-7-8-15(3)16(4)18-13-19(20(22)25-5)21(18)26(23,24)17-11-9-14(2)10-12-17/h9-12,18-19H,3-4,6-8,13H2,1-2,5H3/t18-,19+/m0/s1. The number of carbonyl (C=O) groups is 1. The highest BCUT2D eigenvalue weighted by Gasteiger charge is 2.52. The summed E-state index contributed by atoms with van der Waals surface area (Å²) >= 11 is 0. The minimum Gasteiger partial charge on any atom is -0.468 e. The zero-order valence-electron chi connectivity index (χ0n) is 15.7. The summed E-state index contributed by atoms with van der Waals surface area (Å²) in [6, 6.07) is 5.31. The van der Waals surface area contributed by atoms with Gasteiger partial charge in [-0.15, -0.1) is 0 Å². The number of benzene rings is 1. The average molecular weight is 378 g/mol. The van der Waals surface area contributed by atoms with E-state index >= 15 is 0 Å². The molecule has 6 heteroatoms. The van der Waals surface area contributed by atoms with Crippen LogP contribution in [0, 0.1) is 6.92 Å². The van der Waals surface area contributed by atoms with Gasteiger partial charge in [-0.3, -0.25) is 4.79 Å². The molecule has 26 heavy (non-hydrogen) atoms. The summed E-state index contributed by atoms with van der Waals surface area (Å²) in [5.74, 6) is -0.552. The summed E-state index contributed by atoms with van der Waals surface area (Å²) in [4.78, 5) is 12.2. The van der Waals surface area contributed by atoms with Crippen molar-refractivity contribution in [3.63, 3.8) is 0 Å². The van der Waals surface area contributed by atoms with Crippen LogP contribution in [-0.2, 0) is 19.6 Å². The van der Waals surface area contributed by atoms with Gasteiger partial charge in [0.15, 0.2) is 0 Å². The maximum atomic E-state index is 13.2. The number of aryl methyl sites for hydroxylation is 1. The van der Waals surface area contributed by atoms with Crippen LogP contribution in [0.1, 0.15) is 38.2 Å². The van der Waals surface area contributed by atoms with Crippen LogP contribution >= 0.6 is 0 Å². The third kappa shape index (κ3) is 3.91. The summed E-state index contributed by atoms with van der Waals surface area (Å²) in [7, 11) is -2.58. The summed E-state index contributed by atoms with van der Waals surface area (Å²) < 4.78 is 32.3. The molecule has 1 aromatic rings. The molecule has 1 fully saturated rings. The topological polar surface area (TPSA) is 63.7 Å². The van der Waals surface area contributed by atoms with Crippen LogP contribution in [-0.4, -0.2) is 37.9 Å². The highest BCUT2D eigenvalue weighted by atomic mass is 32.2. The molecule has 0 aromatic heterocycles. The van der Waals surface area contributed by atoms with Crippen molar-refractivity contribution in [1.82, 2.24) is 4.31 Å². The first-order valence-corrected chi connectivity index (χ1v) is 10.2. The predicted molar refractivity (Wildman–Crippen MR) is 102 cm³/mol. The van der Waals surface area contributed by atoms with Gasteiger partial charge in [-0.05, 0) is 43.9 Å². The van der Waals surface area contributed by atoms with E-state index in [9.17, 15) is 13.2 Å². The SMILES string of the molecule is C=C(CCCC)C(=C)[C@@H]1C[C@H](C(=O)OC)N1S(=O)(=O)c1ccc(C)cc1. The smallest absolute Gasteiger partial charge is 0.324 e. The summed E-state index contributed by atoms with van der Waals surface area (Å²) in [5.41, 5.74) is 2.48. The molecule has 0 radical (unpaired) electrons. The highest BCUT2D eigenvalue weighted by Crippen LogP contribution is 2.39. The molecule has 1 heterocycles. The minimum atomic E-state index is -3.84. The summed E-state index contributed by atoms with van der Waals surface area (Å²) in [6.45, 7) is 12.1. The number of methoxy groups -OCH3 is 1. The maximum absolute atomic E-state index is 13.2. The molecule has 0 N–H and O–H groups in total. The Labute approximate surface area is 156 Å². The van der Waals surface area contributed by atoms with E-state index in [4.69, 9.17) is 4.74 Å². The van der Waals surface area contributed by atoms with Crippen molar-refractivity contribution in [1.29, 1.82) is 0 Å². The number of ether oxygens (including phenoxy) is 1. The molecule has 0 amide bonds. The zero-order valence-corrected chi connectivity index (χ0v) is 16.5. The van der Waals surface area contributed by atoms with Crippen molar-refractivity contribution < 1.29 is 17.9 Å². The highest BCUT2D eigenvalue weighted by molar-refractivity contribution is 7.89. The van der Waals surface area contributed by atoms with E-state index in [0.717, 1.165) is 30.4 Å². The molecule has 2 rings (SSSR count). The van der Waals surface area contributed by atoms with Crippen molar-refractivity contribution in [3.05, 3.63) is 54.1 Å². The Bertz CT molecular complexity index is 796. The predicted octanol–water partition coefficient (Wildman–Crippen LogP) is 3.60. The Morgan fingerprint density at radius 1 is 1.23 bits per heavy atom. The first-order chi connectivity index (χ1) is 12.2. The number of esters is 1. The molecule has 2 atom stereocenters. The van der Waals surface area contributed by atoms with E-state index < -0.39 is 28.1 Å². The average Bonchev–Trinajstić information content (AvgIpc) is 2.58. The molecule has 1 aliphatic heterocycles. The molecule has 1 aliphatic rings. The molecule has 0 aliphatic carbocycles. The molecule has 142 valence electrons. The molecule has 0 bridgehead atoms. The number of nitrogens with zero attached hydrogens (tertiary/aromatic N) is 1. The van der Waals surface area contributed by atoms with E-state index in [1.54, 1.807) is 24.3 Å². The monoisotopic (exact) mass is 377 g/mol. The number of hydrogen-bond donors (Lipinski definition) is 0. The molecular formula is C20H27NO4S. The Balaban J connectivity index is 2.34. The number of unbranched alkanes of at least 4 members (excludes halogenated alkanes) is 1. The zero-order chi connectivity index (χ0) is 19.5. The van der Waals surface area contributed by atoms with Gasteiger partial charge in [0.25, 0.3) is 0 Å². The van der Waals surface area contributed by atoms with E-state index in [2.05, 4.69) is 20.1 Å². The van der Waals surface area contributed by atoms with Crippen LogP contribution in [0.2, 0.25) is 0 Å². The Morgan fingerprint density at radius 2 is 1.85 bits per heavy atom. The lowest BCUT2D eigenvalue weighted by atomic mass is 9.86. The minimum absolute atomic E-state index is 0.161. The van der Waals surface area contributed by atoms with Gasteiger partial charge < -0.3 is 4.74 Å². The van der Waals surface area contributed by atoms with Crippen molar-refractivity contribution in [2.75, 3.05) is 7.11 Å². The lowest BCUT2D eigenvalue weighted by Crippen LogP contribution is -2.62. The molecular weight excluding hydrogens is 350 g/mol. The first-order valence-electron chi connectivity index (χ1n) is 8.79. The fourth-order valence-corrected chi connectivity index (χ4v) is 4.86. The van der Waals surface area contributed by atoms with Crippen LogP contribution < -0.4 is 0 Å². The fraction of sp³-hybridized carbons (Fsp3) is 0.450. The molecule has 0 unspecified atom stereocenters. The van der Waals surface area contributed by atoms with Gasteiger partial charge in [-0.2, -0.15) is 4.31 Å². The van der Waals surface area contributed by atoms with E-state index in [1.165, 1.54) is 11.4 Å². The van der Waals surface area contributed by atoms with Gasteiger partial charge in [0.05, 0.1) is 18.0 Å². The van der Waals surface area contributed by atoms with Crippen molar-refractivity contribution >= 4 is 16.0 Å².